The van der Waals surface area contributed by atoms with E-state index in [1.807, 2.05) is 39.0 Å². The van der Waals surface area contributed by atoms with Gasteiger partial charge in [0.2, 0.25) is 5.91 Å². The molecule has 1 aliphatic heterocycles. The Morgan fingerprint density at radius 3 is 2.65 bits per heavy atom. The molecule has 0 saturated carbocycles. The predicted octanol–water partition coefficient (Wildman–Crippen LogP) is 3.69. The van der Waals surface area contributed by atoms with Crippen molar-refractivity contribution in [3.8, 4) is 11.5 Å². The van der Waals surface area contributed by atoms with Crippen molar-refractivity contribution in [2.24, 2.45) is 11.8 Å². The molecule has 3 atom stereocenters. The van der Waals surface area contributed by atoms with Crippen LogP contribution in [0.5, 0.6) is 11.5 Å². The zero-order chi connectivity index (χ0) is 19.1. The van der Waals surface area contributed by atoms with Crippen LogP contribution < -0.4 is 20.1 Å². The fraction of sp³-hybridized carbons (Fsp3) is 0.667. The number of hydrogen-bond donors (Lipinski definition) is 2. The van der Waals surface area contributed by atoms with Gasteiger partial charge in [-0.15, -0.1) is 0 Å². The number of rotatable bonds is 8. The van der Waals surface area contributed by atoms with Gasteiger partial charge in [-0.3, -0.25) is 4.79 Å². The molecule has 1 amide bonds. The molecule has 1 aromatic rings. The molecule has 2 rings (SSSR count). The van der Waals surface area contributed by atoms with E-state index in [-0.39, 0.29) is 18.1 Å². The van der Waals surface area contributed by atoms with Crippen LogP contribution >= 0.6 is 0 Å². The van der Waals surface area contributed by atoms with Crippen molar-refractivity contribution in [3.05, 3.63) is 23.8 Å². The number of nitrogens with one attached hydrogen (secondary N) is 2. The predicted molar refractivity (Wildman–Crippen MR) is 105 cm³/mol. The summed E-state index contributed by atoms with van der Waals surface area (Å²) >= 11 is 0. The fourth-order valence-corrected chi connectivity index (χ4v) is 3.51. The Bertz CT molecular complexity index is 583. The Labute approximate surface area is 157 Å². The van der Waals surface area contributed by atoms with Crippen LogP contribution in [-0.2, 0) is 4.79 Å². The van der Waals surface area contributed by atoms with E-state index < -0.39 is 0 Å². The first-order chi connectivity index (χ1) is 12.4. The molecule has 1 fully saturated rings. The lowest BCUT2D eigenvalue weighted by Crippen LogP contribution is -2.36. The van der Waals surface area contributed by atoms with Crippen molar-refractivity contribution < 1.29 is 14.3 Å². The van der Waals surface area contributed by atoms with Gasteiger partial charge < -0.3 is 20.1 Å². The van der Waals surface area contributed by atoms with Crippen LogP contribution in [0.3, 0.4) is 0 Å². The van der Waals surface area contributed by atoms with E-state index in [1.165, 1.54) is 12.8 Å². The van der Waals surface area contributed by atoms with Crippen LogP contribution in [-0.4, -0.2) is 32.2 Å². The Morgan fingerprint density at radius 1 is 1.27 bits per heavy atom. The summed E-state index contributed by atoms with van der Waals surface area (Å²) in [5, 5.41) is 6.55. The Balaban J connectivity index is 1.93. The third-order valence-corrected chi connectivity index (χ3v) is 5.07. The fourth-order valence-electron chi connectivity index (χ4n) is 3.51. The van der Waals surface area contributed by atoms with Gasteiger partial charge in [-0.05, 0) is 76.2 Å². The summed E-state index contributed by atoms with van der Waals surface area (Å²) in [5.41, 5.74) is 1.01. The molecule has 1 heterocycles. The van der Waals surface area contributed by atoms with Crippen LogP contribution in [0.25, 0.3) is 0 Å². The first kappa shape index (κ1) is 20.6. The zero-order valence-corrected chi connectivity index (χ0v) is 16.8. The molecule has 3 unspecified atom stereocenters. The largest absolute Gasteiger partial charge is 0.493 e. The van der Waals surface area contributed by atoms with Gasteiger partial charge in [-0.25, -0.2) is 0 Å². The van der Waals surface area contributed by atoms with Crippen molar-refractivity contribution in [2.75, 3.05) is 20.2 Å². The molecule has 0 spiro atoms. The summed E-state index contributed by atoms with van der Waals surface area (Å²) < 4.78 is 11.2. The Morgan fingerprint density at radius 2 is 2.04 bits per heavy atom. The van der Waals surface area contributed by atoms with Gasteiger partial charge in [0.1, 0.15) is 0 Å². The standard InChI is InChI=1S/C21H34N2O3/c1-14(2)26-19-9-8-17(12-20(19)25-5)16(4)23-21(24)11-15(3)18-7-6-10-22-13-18/h8-9,12,14-16,18,22H,6-7,10-11,13H2,1-5H3,(H,23,24). The molecular weight excluding hydrogens is 328 g/mol. The van der Waals surface area contributed by atoms with Gasteiger partial charge in [0.25, 0.3) is 0 Å². The molecule has 0 radical (unpaired) electrons. The molecule has 0 aliphatic carbocycles. The minimum Gasteiger partial charge on any atom is -0.493 e. The minimum atomic E-state index is -0.0684. The number of carbonyl (C=O) groups is 1. The van der Waals surface area contributed by atoms with Crippen LogP contribution in [0.15, 0.2) is 18.2 Å². The number of benzene rings is 1. The average Bonchev–Trinajstić information content (AvgIpc) is 2.62. The van der Waals surface area contributed by atoms with Crippen molar-refractivity contribution >= 4 is 5.91 Å². The van der Waals surface area contributed by atoms with E-state index in [0.717, 1.165) is 24.4 Å². The molecule has 146 valence electrons. The Kier molecular flexibility index (Phi) is 7.76. The first-order valence-electron chi connectivity index (χ1n) is 9.75. The summed E-state index contributed by atoms with van der Waals surface area (Å²) in [6, 6.07) is 5.77. The zero-order valence-electron chi connectivity index (χ0n) is 16.8. The molecule has 5 heteroatoms. The van der Waals surface area contributed by atoms with Gasteiger partial charge in [0.15, 0.2) is 11.5 Å². The summed E-state index contributed by atoms with van der Waals surface area (Å²) in [4.78, 5) is 12.5. The van der Waals surface area contributed by atoms with Crippen molar-refractivity contribution in [1.29, 1.82) is 0 Å². The lowest BCUT2D eigenvalue weighted by molar-refractivity contribution is -0.123. The second-order valence-corrected chi connectivity index (χ2v) is 7.65. The van der Waals surface area contributed by atoms with Gasteiger partial charge in [0.05, 0.1) is 19.3 Å². The number of piperidine rings is 1. The summed E-state index contributed by atoms with van der Waals surface area (Å²) in [5.74, 6) is 2.52. The lowest BCUT2D eigenvalue weighted by Gasteiger charge is -2.28. The van der Waals surface area contributed by atoms with Crippen LogP contribution in [0.4, 0.5) is 0 Å². The third kappa shape index (κ3) is 5.90. The van der Waals surface area contributed by atoms with Crippen LogP contribution in [0.2, 0.25) is 0 Å². The molecule has 0 bridgehead atoms. The van der Waals surface area contributed by atoms with Gasteiger partial charge in [0, 0.05) is 6.42 Å². The van der Waals surface area contributed by atoms with Gasteiger partial charge in [-0.2, -0.15) is 0 Å². The van der Waals surface area contributed by atoms with Gasteiger partial charge >= 0.3 is 0 Å². The summed E-state index contributed by atoms with van der Waals surface area (Å²) in [6.45, 7) is 10.3. The number of methoxy groups -OCH3 is 1. The highest BCUT2D eigenvalue weighted by Crippen LogP contribution is 2.31. The van der Waals surface area contributed by atoms with Crippen molar-refractivity contribution in [1.82, 2.24) is 10.6 Å². The number of amides is 1. The third-order valence-electron chi connectivity index (χ3n) is 5.07. The minimum absolute atomic E-state index is 0.0684. The maximum absolute atomic E-state index is 12.5. The topological polar surface area (TPSA) is 59.6 Å². The lowest BCUT2D eigenvalue weighted by atomic mass is 9.85. The molecule has 2 N–H and O–H groups in total. The van der Waals surface area contributed by atoms with E-state index >= 15 is 0 Å². The maximum Gasteiger partial charge on any atom is 0.220 e. The van der Waals surface area contributed by atoms with Crippen molar-refractivity contribution in [2.45, 2.75) is 59.1 Å². The molecule has 1 aromatic carbocycles. The molecule has 1 saturated heterocycles. The van der Waals surface area contributed by atoms with Crippen LogP contribution in [0.1, 0.15) is 58.6 Å². The quantitative estimate of drug-likeness (QED) is 0.740. The second kappa shape index (κ2) is 9.81. The smallest absolute Gasteiger partial charge is 0.220 e. The summed E-state index contributed by atoms with van der Waals surface area (Å²) in [6.07, 6.45) is 3.08. The molecule has 0 aromatic heterocycles. The highest BCUT2D eigenvalue weighted by Gasteiger charge is 2.23. The number of carbonyl (C=O) groups excluding carboxylic acids is 1. The SMILES string of the molecule is COc1cc(C(C)NC(=O)CC(C)C2CCCNC2)ccc1OC(C)C. The monoisotopic (exact) mass is 362 g/mol. The molecule has 1 aliphatic rings. The Hall–Kier alpha value is -1.75. The van der Waals surface area contributed by atoms with E-state index in [4.69, 9.17) is 9.47 Å². The highest BCUT2D eigenvalue weighted by atomic mass is 16.5. The maximum atomic E-state index is 12.5. The first-order valence-corrected chi connectivity index (χ1v) is 9.75. The van der Waals surface area contributed by atoms with E-state index in [2.05, 4.69) is 17.6 Å². The number of hydrogen-bond acceptors (Lipinski definition) is 4. The molecule has 5 nitrogen and oxygen atoms in total. The highest BCUT2D eigenvalue weighted by molar-refractivity contribution is 5.76. The van der Waals surface area contributed by atoms with Crippen molar-refractivity contribution in [3.63, 3.8) is 0 Å². The van der Waals surface area contributed by atoms with Gasteiger partial charge in [-0.1, -0.05) is 13.0 Å². The van der Waals surface area contributed by atoms with E-state index in [0.29, 0.717) is 24.0 Å². The van der Waals surface area contributed by atoms with E-state index in [9.17, 15) is 4.79 Å². The summed E-state index contributed by atoms with van der Waals surface area (Å²) in [7, 11) is 1.63. The average molecular weight is 363 g/mol. The van der Waals surface area contributed by atoms with Crippen LogP contribution in [0, 0.1) is 11.8 Å². The van der Waals surface area contributed by atoms with E-state index in [1.54, 1.807) is 7.11 Å². The normalized spacial score (nSPS) is 19.7. The molecule has 26 heavy (non-hydrogen) atoms. The molecular formula is C21H34N2O3. The number of ether oxygens (including phenoxy) is 2. The second-order valence-electron chi connectivity index (χ2n) is 7.65.